The van der Waals surface area contributed by atoms with Crippen molar-refractivity contribution in [1.82, 2.24) is 0 Å². The number of benzene rings is 1. The minimum atomic E-state index is -4.55. The van der Waals surface area contributed by atoms with E-state index in [-0.39, 0.29) is 0 Å². The third-order valence-corrected chi connectivity index (χ3v) is 2.31. The normalized spacial score (nSPS) is 12.9. The van der Waals surface area contributed by atoms with Gasteiger partial charge in [0.05, 0.1) is 6.07 Å². The van der Waals surface area contributed by atoms with Crippen LogP contribution in [0.15, 0.2) is 24.3 Å². The van der Waals surface area contributed by atoms with Crippen molar-refractivity contribution in [3.63, 3.8) is 0 Å². The predicted molar refractivity (Wildman–Crippen MR) is 56.5 cm³/mol. The van der Waals surface area contributed by atoms with E-state index in [2.05, 4.69) is 0 Å². The first-order valence-electron chi connectivity index (χ1n) is 5.16. The Bertz CT molecular complexity index is 409. The maximum absolute atomic E-state index is 12.3. The first-order chi connectivity index (χ1) is 7.99. The van der Waals surface area contributed by atoms with E-state index in [1.54, 1.807) is 24.3 Å². The van der Waals surface area contributed by atoms with Crippen LogP contribution in [0.1, 0.15) is 12.5 Å². The third-order valence-electron chi connectivity index (χ3n) is 2.31. The lowest BCUT2D eigenvalue weighted by atomic mass is 10.1. The summed E-state index contributed by atoms with van der Waals surface area (Å²) < 4.78 is 42.0. The fraction of sp³-hybridized carbons (Fsp3) is 0.417. The molecular weight excluding hydrogens is 231 g/mol. The number of ether oxygens (including phenoxy) is 1. The van der Waals surface area contributed by atoms with Crippen LogP contribution in [-0.2, 0) is 6.42 Å². The summed E-state index contributed by atoms with van der Waals surface area (Å²) in [5.74, 6) is -1.69. The number of aryl methyl sites for hydroxylation is 1. The van der Waals surface area contributed by atoms with E-state index in [0.717, 1.165) is 5.56 Å². The Labute approximate surface area is 97.6 Å². The zero-order chi connectivity index (χ0) is 12.9. The standard InChI is InChI=1S/C12H12F3NO/c1-2-9-5-3-4-6-11(9)17-8-10(7-16)12(13,14)15/h3-6,10H,2,8H2,1H3. The maximum atomic E-state index is 12.3. The van der Waals surface area contributed by atoms with Crippen molar-refractivity contribution in [2.45, 2.75) is 19.5 Å². The van der Waals surface area contributed by atoms with E-state index < -0.39 is 18.7 Å². The van der Waals surface area contributed by atoms with Gasteiger partial charge in [-0.2, -0.15) is 18.4 Å². The second-order valence-electron chi connectivity index (χ2n) is 3.50. The number of alkyl halides is 3. The molecule has 17 heavy (non-hydrogen) atoms. The van der Waals surface area contributed by atoms with Gasteiger partial charge in [0.25, 0.3) is 0 Å². The van der Waals surface area contributed by atoms with Gasteiger partial charge < -0.3 is 4.74 Å². The van der Waals surface area contributed by atoms with Crippen molar-refractivity contribution < 1.29 is 17.9 Å². The largest absolute Gasteiger partial charge is 0.492 e. The molecule has 2 nitrogen and oxygen atoms in total. The van der Waals surface area contributed by atoms with E-state index >= 15 is 0 Å². The lowest BCUT2D eigenvalue weighted by Gasteiger charge is -2.15. The van der Waals surface area contributed by atoms with E-state index in [0.29, 0.717) is 12.2 Å². The number of hydrogen-bond donors (Lipinski definition) is 0. The summed E-state index contributed by atoms with van der Waals surface area (Å²) in [4.78, 5) is 0. The van der Waals surface area contributed by atoms with E-state index in [9.17, 15) is 13.2 Å². The zero-order valence-corrected chi connectivity index (χ0v) is 9.29. The van der Waals surface area contributed by atoms with Gasteiger partial charge in [-0.25, -0.2) is 0 Å². The highest BCUT2D eigenvalue weighted by atomic mass is 19.4. The quantitative estimate of drug-likeness (QED) is 0.812. The molecule has 0 amide bonds. The average molecular weight is 243 g/mol. The number of nitrogens with zero attached hydrogens (tertiary/aromatic N) is 1. The first kappa shape index (κ1) is 13.4. The number of para-hydroxylation sites is 1. The summed E-state index contributed by atoms with van der Waals surface area (Å²) in [6, 6.07) is 8.06. The predicted octanol–water partition coefficient (Wildman–Crippen LogP) is 3.33. The number of nitriles is 1. The second-order valence-corrected chi connectivity index (χ2v) is 3.50. The van der Waals surface area contributed by atoms with Crippen LogP contribution in [0.2, 0.25) is 0 Å². The maximum Gasteiger partial charge on any atom is 0.407 e. The molecule has 0 radical (unpaired) electrons. The topological polar surface area (TPSA) is 33.0 Å². The second kappa shape index (κ2) is 5.58. The Morgan fingerprint density at radius 1 is 1.35 bits per heavy atom. The van der Waals surface area contributed by atoms with Crippen molar-refractivity contribution in [2.24, 2.45) is 5.92 Å². The molecule has 0 saturated carbocycles. The van der Waals surface area contributed by atoms with Crippen molar-refractivity contribution in [3.8, 4) is 11.8 Å². The van der Waals surface area contributed by atoms with Crippen LogP contribution in [-0.4, -0.2) is 12.8 Å². The molecule has 5 heteroatoms. The molecule has 1 rings (SSSR count). The van der Waals surface area contributed by atoms with Crippen LogP contribution in [0.25, 0.3) is 0 Å². The monoisotopic (exact) mass is 243 g/mol. The molecule has 0 aromatic heterocycles. The minimum absolute atomic E-state index is 0.402. The molecule has 1 aromatic carbocycles. The van der Waals surface area contributed by atoms with Gasteiger partial charge in [0, 0.05) is 0 Å². The first-order valence-corrected chi connectivity index (χ1v) is 5.16. The van der Waals surface area contributed by atoms with Crippen LogP contribution in [0.4, 0.5) is 13.2 Å². The van der Waals surface area contributed by atoms with Crippen molar-refractivity contribution >= 4 is 0 Å². The lowest BCUT2D eigenvalue weighted by Crippen LogP contribution is -2.27. The Hall–Kier alpha value is -1.70. The Morgan fingerprint density at radius 3 is 2.53 bits per heavy atom. The molecule has 0 bridgehead atoms. The number of rotatable bonds is 4. The van der Waals surface area contributed by atoms with Crippen LogP contribution >= 0.6 is 0 Å². The fourth-order valence-corrected chi connectivity index (χ4v) is 1.31. The van der Waals surface area contributed by atoms with Crippen molar-refractivity contribution in [3.05, 3.63) is 29.8 Å². The molecule has 0 spiro atoms. The van der Waals surface area contributed by atoms with Gasteiger partial charge in [-0.1, -0.05) is 25.1 Å². The molecule has 0 saturated heterocycles. The summed E-state index contributed by atoms with van der Waals surface area (Å²) in [7, 11) is 0. The van der Waals surface area contributed by atoms with E-state index in [1.165, 1.54) is 6.07 Å². The molecule has 0 aliphatic carbocycles. The third kappa shape index (κ3) is 3.66. The van der Waals surface area contributed by atoms with E-state index in [1.807, 2.05) is 6.92 Å². The Balaban J connectivity index is 2.70. The van der Waals surface area contributed by atoms with Gasteiger partial charge in [-0.3, -0.25) is 0 Å². The number of halogens is 3. The van der Waals surface area contributed by atoms with Gasteiger partial charge >= 0.3 is 6.18 Å². The van der Waals surface area contributed by atoms with Crippen LogP contribution in [0.3, 0.4) is 0 Å². The van der Waals surface area contributed by atoms with Gasteiger partial charge in [-0.15, -0.1) is 0 Å². The minimum Gasteiger partial charge on any atom is -0.492 e. The van der Waals surface area contributed by atoms with Crippen LogP contribution in [0.5, 0.6) is 5.75 Å². The average Bonchev–Trinajstić information content (AvgIpc) is 2.28. The molecule has 0 heterocycles. The fourth-order valence-electron chi connectivity index (χ4n) is 1.31. The summed E-state index contributed by atoms with van der Waals surface area (Å²) in [5, 5.41) is 8.42. The molecule has 0 fully saturated rings. The molecule has 0 aliphatic heterocycles. The van der Waals surface area contributed by atoms with Crippen LogP contribution in [0, 0.1) is 17.2 Å². The van der Waals surface area contributed by atoms with Crippen molar-refractivity contribution in [2.75, 3.05) is 6.61 Å². The zero-order valence-electron chi connectivity index (χ0n) is 9.29. The molecule has 1 unspecified atom stereocenters. The molecule has 1 aromatic rings. The SMILES string of the molecule is CCc1ccccc1OCC(C#N)C(F)(F)F. The summed E-state index contributed by atoms with van der Waals surface area (Å²) in [5.41, 5.74) is 0.825. The Kier molecular flexibility index (Phi) is 4.38. The highest BCUT2D eigenvalue weighted by Gasteiger charge is 2.40. The number of hydrogen-bond acceptors (Lipinski definition) is 2. The Morgan fingerprint density at radius 2 is 2.00 bits per heavy atom. The highest BCUT2D eigenvalue weighted by molar-refractivity contribution is 5.33. The molecular formula is C12H12F3NO. The van der Waals surface area contributed by atoms with Crippen LogP contribution < -0.4 is 4.74 Å². The smallest absolute Gasteiger partial charge is 0.407 e. The summed E-state index contributed by atoms with van der Waals surface area (Å²) in [6.45, 7) is 1.21. The molecule has 0 aliphatic rings. The lowest BCUT2D eigenvalue weighted by molar-refractivity contribution is -0.165. The highest BCUT2D eigenvalue weighted by Crippen LogP contribution is 2.27. The van der Waals surface area contributed by atoms with Gasteiger partial charge in [0.2, 0.25) is 0 Å². The summed E-state index contributed by atoms with van der Waals surface area (Å²) >= 11 is 0. The van der Waals surface area contributed by atoms with Gasteiger partial charge in [0.15, 0.2) is 5.92 Å². The van der Waals surface area contributed by atoms with E-state index in [4.69, 9.17) is 10.00 Å². The molecule has 92 valence electrons. The molecule has 0 N–H and O–H groups in total. The summed E-state index contributed by atoms with van der Waals surface area (Å²) in [6.07, 6.45) is -3.88. The van der Waals surface area contributed by atoms with Crippen molar-refractivity contribution in [1.29, 1.82) is 5.26 Å². The molecule has 1 atom stereocenters. The van der Waals surface area contributed by atoms with Gasteiger partial charge in [-0.05, 0) is 18.1 Å². The van der Waals surface area contributed by atoms with Gasteiger partial charge in [0.1, 0.15) is 12.4 Å².